The van der Waals surface area contributed by atoms with Crippen LogP contribution in [0.2, 0.25) is 0 Å². The van der Waals surface area contributed by atoms with Crippen LogP contribution >= 0.6 is 0 Å². The van der Waals surface area contributed by atoms with Crippen LogP contribution in [-0.2, 0) is 6.42 Å². The van der Waals surface area contributed by atoms with Gasteiger partial charge in [-0.05, 0) is 36.1 Å². The molecule has 2 heterocycles. The zero-order chi connectivity index (χ0) is 15.5. The Balaban J connectivity index is 2.08. The number of hydrogen-bond acceptors (Lipinski definition) is 2. The summed E-state index contributed by atoms with van der Waals surface area (Å²) in [5.74, 6) is -0.399. The standard InChI is InChI=1S/C18H18FN3/c1-3-4-13-9-14(16-11-21-22-18(16)19)6-7-15(13)17-8-5-12(2)10-20-17/h5-11H,3-4H2,1-2H3,(H,21,22). The number of rotatable bonds is 4. The minimum absolute atomic E-state index is 0.399. The fraction of sp³-hybridized carbons (Fsp3) is 0.222. The van der Waals surface area contributed by atoms with Crippen molar-refractivity contribution < 1.29 is 4.39 Å². The molecule has 0 fully saturated rings. The molecule has 0 unspecified atom stereocenters. The highest BCUT2D eigenvalue weighted by Crippen LogP contribution is 2.29. The number of pyridine rings is 1. The van der Waals surface area contributed by atoms with Crippen LogP contribution in [-0.4, -0.2) is 15.2 Å². The van der Waals surface area contributed by atoms with Crippen LogP contribution in [0.25, 0.3) is 22.4 Å². The van der Waals surface area contributed by atoms with Gasteiger partial charge >= 0.3 is 0 Å². The average Bonchev–Trinajstić information content (AvgIpc) is 2.95. The molecule has 3 nitrogen and oxygen atoms in total. The Morgan fingerprint density at radius 2 is 1.95 bits per heavy atom. The number of nitrogens with one attached hydrogen (secondary N) is 1. The number of aromatic amines is 1. The van der Waals surface area contributed by atoms with Gasteiger partial charge in [0.15, 0.2) is 0 Å². The van der Waals surface area contributed by atoms with Crippen LogP contribution in [0.4, 0.5) is 4.39 Å². The summed E-state index contributed by atoms with van der Waals surface area (Å²) in [7, 11) is 0. The van der Waals surface area contributed by atoms with Crippen molar-refractivity contribution in [3.05, 3.63) is 59.8 Å². The first kappa shape index (κ1) is 14.4. The molecular weight excluding hydrogens is 277 g/mol. The third-order valence-electron chi connectivity index (χ3n) is 3.72. The molecule has 0 spiro atoms. The lowest BCUT2D eigenvalue weighted by Gasteiger charge is -2.11. The first-order valence-electron chi connectivity index (χ1n) is 7.44. The van der Waals surface area contributed by atoms with Crippen molar-refractivity contribution in [2.24, 2.45) is 0 Å². The maximum Gasteiger partial charge on any atom is 0.216 e. The van der Waals surface area contributed by atoms with E-state index in [1.807, 2.05) is 37.4 Å². The van der Waals surface area contributed by atoms with Crippen molar-refractivity contribution in [3.8, 4) is 22.4 Å². The lowest BCUT2D eigenvalue weighted by Crippen LogP contribution is -1.93. The molecule has 3 aromatic rings. The second kappa shape index (κ2) is 6.10. The second-order valence-corrected chi connectivity index (χ2v) is 5.44. The van der Waals surface area contributed by atoms with Crippen LogP contribution in [0.15, 0.2) is 42.7 Å². The summed E-state index contributed by atoms with van der Waals surface area (Å²) in [4.78, 5) is 4.51. The second-order valence-electron chi connectivity index (χ2n) is 5.44. The number of benzene rings is 1. The topological polar surface area (TPSA) is 41.6 Å². The molecule has 0 aliphatic rings. The number of aryl methyl sites for hydroxylation is 2. The molecule has 0 aliphatic carbocycles. The smallest absolute Gasteiger partial charge is 0.216 e. The highest BCUT2D eigenvalue weighted by atomic mass is 19.1. The summed E-state index contributed by atoms with van der Waals surface area (Å²) in [6.45, 7) is 4.16. The minimum Gasteiger partial charge on any atom is -0.256 e. The monoisotopic (exact) mass is 295 g/mol. The van der Waals surface area contributed by atoms with Crippen molar-refractivity contribution in [2.45, 2.75) is 26.7 Å². The van der Waals surface area contributed by atoms with E-state index in [0.29, 0.717) is 5.56 Å². The van der Waals surface area contributed by atoms with Gasteiger partial charge < -0.3 is 0 Å². The summed E-state index contributed by atoms with van der Waals surface area (Å²) >= 11 is 0. The predicted octanol–water partition coefficient (Wildman–Crippen LogP) is 4.54. The van der Waals surface area contributed by atoms with Gasteiger partial charge in [-0.2, -0.15) is 9.49 Å². The van der Waals surface area contributed by atoms with Crippen molar-refractivity contribution in [1.82, 2.24) is 15.2 Å². The Bertz CT molecular complexity index is 775. The molecule has 0 atom stereocenters. The number of hydrogen-bond donors (Lipinski definition) is 1. The highest BCUT2D eigenvalue weighted by molar-refractivity contribution is 5.71. The number of halogens is 1. The predicted molar refractivity (Wildman–Crippen MR) is 85.9 cm³/mol. The molecule has 0 bridgehead atoms. The Morgan fingerprint density at radius 3 is 2.59 bits per heavy atom. The van der Waals surface area contributed by atoms with Crippen LogP contribution in [0.1, 0.15) is 24.5 Å². The van der Waals surface area contributed by atoms with Crippen LogP contribution in [0.5, 0.6) is 0 Å². The SMILES string of the molecule is CCCc1cc(-c2cn[nH]c2F)ccc1-c1ccc(C)cn1. The van der Waals surface area contributed by atoms with E-state index in [1.165, 1.54) is 11.8 Å². The molecule has 0 saturated carbocycles. The molecule has 4 heteroatoms. The molecule has 1 N–H and O–H groups in total. The van der Waals surface area contributed by atoms with Crippen LogP contribution in [0.3, 0.4) is 0 Å². The first-order chi connectivity index (χ1) is 10.7. The van der Waals surface area contributed by atoms with Gasteiger partial charge in [0.05, 0.1) is 17.5 Å². The van der Waals surface area contributed by atoms with Crippen molar-refractivity contribution >= 4 is 0 Å². The molecule has 2 aromatic heterocycles. The van der Waals surface area contributed by atoms with Crippen molar-refractivity contribution in [2.75, 3.05) is 0 Å². The van der Waals surface area contributed by atoms with E-state index in [-0.39, 0.29) is 0 Å². The van der Waals surface area contributed by atoms with Gasteiger partial charge in [-0.1, -0.05) is 37.6 Å². The van der Waals surface area contributed by atoms with E-state index in [0.717, 1.165) is 35.2 Å². The first-order valence-corrected chi connectivity index (χ1v) is 7.44. The fourth-order valence-electron chi connectivity index (χ4n) is 2.59. The quantitative estimate of drug-likeness (QED) is 0.767. The molecule has 22 heavy (non-hydrogen) atoms. The Morgan fingerprint density at radius 1 is 1.09 bits per heavy atom. The van der Waals surface area contributed by atoms with Crippen LogP contribution < -0.4 is 0 Å². The zero-order valence-electron chi connectivity index (χ0n) is 12.7. The minimum atomic E-state index is -0.399. The van der Waals surface area contributed by atoms with Gasteiger partial charge in [-0.15, -0.1) is 0 Å². The van der Waals surface area contributed by atoms with Gasteiger partial charge in [0.25, 0.3) is 0 Å². The third-order valence-corrected chi connectivity index (χ3v) is 3.72. The van der Waals surface area contributed by atoms with E-state index in [9.17, 15) is 4.39 Å². The maximum absolute atomic E-state index is 13.7. The maximum atomic E-state index is 13.7. The summed E-state index contributed by atoms with van der Waals surface area (Å²) in [6.07, 6.45) is 5.34. The van der Waals surface area contributed by atoms with Crippen molar-refractivity contribution in [1.29, 1.82) is 0 Å². The normalized spacial score (nSPS) is 10.9. The van der Waals surface area contributed by atoms with E-state index in [4.69, 9.17) is 0 Å². The summed E-state index contributed by atoms with van der Waals surface area (Å²) in [5.41, 5.74) is 5.71. The molecule has 0 saturated heterocycles. The van der Waals surface area contributed by atoms with Crippen LogP contribution in [0, 0.1) is 12.9 Å². The number of nitrogens with zero attached hydrogens (tertiary/aromatic N) is 2. The van der Waals surface area contributed by atoms with Gasteiger partial charge in [-0.25, -0.2) is 0 Å². The number of H-pyrrole nitrogens is 1. The summed E-state index contributed by atoms with van der Waals surface area (Å²) in [5, 5.41) is 6.09. The molecule has 112 valence electrons. The molecule has 0 aliphatic heterocycles. The average molecular weight is 295 g/mol. The lowest BCUT2D eigenvalue weighted by atomic mass is 9.95. The van der Waals surface area contributed by atoms with Gasteiger partial charge in [0.2, 0.25) is 5.95 Å². The van der Waals surface area contributed by atoms with E-state index in [1.54, 1.807) is 0 Å². The van der Waals surface area contributed by atoms with Gasteiger partial charge in [-0.3, -0.25) is 10.1 Å². The third kappa shape index (κ3) is 2.77. The van der Waals surface area contributed by atoms with Crippen molar-refractivity contribution in [3.63, 3.8) is 0 Å². The van der Waals surface area contributed by atoms with E-state index in [2.05, 4.69) is 28.2 Å². The summed E-state index contributed by atoms with van der Waals surface area (Å²) in [6, 6.07) is 10.1. The zero-order valence-corrected chi connectivity index (χ0v) is 12.7. The van der Waals surface area contributed by atoms with Gasteiger partial charge in [0.1, 0.15) is 0 Å². The number of aromatic nitrogens is 3. The van der Waals surface area contributed by atoms with E-state index >= 15 is 0 Å². The Kier molecular flexibility index (Phi) is 4.00. The molecule has 0 amide bonds. The largest absolute Gasteiger partial charge is 0.256 e. The Labute approximate surface area is 129 Å². The highest BCUT2D eigenvalue weighted by Gasteiger charge is 2.11. The Hall–Kier alpha value is -2.49. The fourth-order valence-corrected chi connectivity index (χ4v) is 2.59. The molecule has 1 aromatic carbocycles. The molecule has 0 radical (unpaired) electrons. The summed E-state index contributed by atoms with van der Waals surface area (Å²) < 4.78 is 13.7. The molecular formula is C18H18FN3. The lowest BCUT2D eigenvalue weighted by molar-refractivity contribution is 0.582. The molecule has 3 rings (SSSR count). The van der Waals surface area contributed by atoms with E-state index < -0.39 is 5.95 Å². The van der Waals surface area contributed by atoms with Gasteiger partial charge in [0, 0.05) is 11.8 Å².